The molecule has 4 N–H and O–H groups in total. The maximum atomic E-state index is 13.7. The maximum Gasteiger partial charge on any atom is 0.281 e. The lowest BCUT2D eigenvalue weighted by Gasteiger charge is -2.20. The second kappa shape index (κ2) is 9.23. The highest BCUT2D eigenvalue weighted by atomic mass is 16.2. The molecule has 1 amide bonds. The van der Waals surface area contributed by atoms with Crippen molar-refractivity contribution in [1.82, 2.24) is 29.6 Å². The smallest absolute Gasteiger partial charge is 0.281 e. The van der Waals surface area contributed by atoms with Gasteiger partial charge < -0.3 is 11.1 Å². The molecule has 36 heavy (non-hydrogen) atoms. The second-order valence-corrected chi connectivity index (χ2v) is 8.01. The zero-order valence-electron chi connectivity index (χ0n) is 19.6. The third-order valence-electron chi connectivity index (χ3n) is 5.58. The summed E-state index contributed by atoms with van der Waals surface area (Å²) in [5.74, 6) is 5.68. The van der Waals surface area contributed by atoms with E-state index in [9.17, 15) is 9.59 Å². The average Bonchev–Trinajstić information content (AvgIpc) is 3.22. The third-order valence-corrected chi connectivity index (χ3v) is 5.58. The number of nitrogens with two attached hydrogens (primary N) is 1. The first kappa shape index (κ1) is 22.6. The van der Waals surface area contributed by atoms with Gasteiger partial charge in [-0.1, -0.05) is 30.2 Å². The van der Waals surface area contributed by atoms with Gasteiger partial charge in [0.15, 0.2) is 17.3 Å². The van der Waals surface area contributed by atoms with E-state index in [1.807, 2.05) is 30.3 Å². The Balaban J connectivity index is 1.62. The molecule has 1 unspecified atom stereocenters. The Morgan fingerprint density at radius 2 is 1.92 bits per heavy atom. The predicted molar refractivity (Wildman–Crippen MR) is 137 cm³/mol. The van der Waals surface area contributed by atoms with E-state index in [2.05, 4.69) is 32.7 Å². The van der Waals surface area contributed by atoms with Crippen LogP contribution in [0.4, 0.5) is 11.5 Å². The summed E-state index contributed by atoms with van der Waals surface area (Å²) in [5, 5.41) is 7.41. The summed E-state index contributed by atoms with van der Waals surface area (Å²) in [6.45, 7) is 3.44. The third kappa shape index (κ3) is 3.99. The van der Waals surface area contributed by atoms with E-state index in [4.69, 9.17) is 10.7 Å². The molecule has 0 bridgehead atoms. The van der Waals surface area contributed by atoms with Crippen molar-refractivity contribution >= 4 is 34.0 Å². The molecule has 1 atom stereocenters. The molecule has 10 nitrogen and oxygen atoms in total. The highest BCUT2D eigenvalue weighted by molar-refractivity contribution is 6.04. The number of rotatable bonds is 5. The Labute approximate surface area is 205 Å². The molecule has 0 aliphatic rings. The van der Waals surface area contributed by atoms with Gasteiger partial charge in [-0.2, -0.15) is 0 Å². The lowest BCUT2D eigenvalue weighted by atomic mass is 10.1. The van der Waals surface area contributed by atoms with Gasteiger partial charge in [0.25, 0.3) is 11.5 Å². The number of hydrogen-bond acceptors (Lipinski definition) is 7. The number of fused-ring (bicyclic) bond motifs is 2. The summed E-state index contributed by atoms with van der Waals surface area (Å²) >= 11 is 0. The van der Waals surface area contributed by atoms with Crippen LogP contribution in [-0.2, 0) is 0 Å². The zero-order valence-corrected chi connectivity index (χ0v) is 19.6. The van der Waals surface area contributed by atoms with Gasteiger partial charge in [0, 0.05) is 18.0 Å². The van der Waals surface area contributed by atoms with Gasteiger partial charge in [0.05, 0.1) is 22.6 Å². The van der Waals surface area contributed by atoms with Crippen molar-refractivity contribution in [3.63, 3.8) is 0 Å². The van der Waals surface area contributed by atoms with E-state index < -0.39 is 11.9 Å². The topological polar surface area (TPSA) is 132 Å². The van der Waals surface area contributed by atoms with E-state index in [1.54, 1.807) is 50.5 Å². The first-order chi connectivity index (χ1) is 17.5. The van der Waals surface area contributed by atoms with E-state index in [0.717, 1.165) is 0 Å². The molecule has 5 aromatic rings. The quantitative estimate of drug-likeness (QED) is 0.331. The van der Waals surface area contributed by atoms with E-state index in [0.29, 0.717) is 33.6 Å². The molecule has 10 heteroatoms. The molecule has 0 aliphatic carbocycles. The highest BCUT2D eigenvalue weighted by Gasteiger charge is 2.24. The Bertz CT molecular complexity index is 1730. The number of amides is 1. The van der Waals surface area contributed by atoms with Crippen LogP contribution >= 0.6 is 0 Å². The van der Waals surface area contributed by atoms with E-state index >= 15 is 0 Å². The maximum absolute atomic E-state index is 13.7. The molecule has 3 aromatic heterocycles. The van der Waals surface area contributed by atoms with Crippen molar-refractivity contribution in [3.8, 4) is 11.8 Å². The Hall–Kier alpha value is -5.17. The number of benzene rings is 2. The number of nitrogens with zero attached hydrogens (tertiary/aromatic N) is 5. The van der Waals surface area contributed by atoms with Crippen LogP contribution in [0.2, 0.25) is 0 Å². The van der Waals surface area contributed by atoms with Gasteiger partial charge >= 0.3 is 0 Å². The van der Waals surface area contributed by atoms with Crippen LogP contribution in [0, 0.1) is 11.8 Å². The summed E-state index contributed by atoms with van der Waals surface area (Å²) in [6, 6.07) is 15.5. The molecule has 0 saturated heterocycles. The van der Waals surface area contributed by atoms with Crippen LogP contribution in [0.15, 0.2) is 71.8 Å². The fourth-order valence-corrected chi connectivity index (χ4v) is 3.98. The van der Waals surface area contributed by atoms with Gasteiger partial charge in [-0.3, -0.25) is 15.0 Å². The minimum absolute atomic E-state index is 0.0486. The van der Waals surface area contributed by atoms with Crippen molar-refractivity contribution in [2.75, 3.05) is 11.2 Å². The number of nitrogen functional groups attached to an aromatic ring is 1. The first-order valence-electron chi connectivity index (χ1n) is 11.2. The lowest BCUT2D eigenvalue weighted by Crippen LogP contribution is -2.37. The summed E-state index contributed by atoms with van der Waals surface area (Å²) in [5.41, 5.74) is 11.0. The van der Waals surface area contributed by atoms with Crippen LogP contribution in [0.3, 0.4) is 0 Å². The van der Waals surface area contributed by atoms with Crippen LogP contribution in [-0.4, -0.2) is 30.2 Å². The van der Waals surface area contributed by atoms with Gasteiger partial charge in [0.2, 0.25) is 0 Å². The molecule has 0 spiro atoms. The average molecular weight is 479 g/mol. The van der Waals surface area contributed by atoms with Crippen LogP contribution in [0.25, 0.3) is 16.6 Å². The summed E-state index contributed by atoms with van der Waals surface area (Å²) in [6.07, 6.45) is 3.21. The molecule has 0 fully saturated rings. The number of hydrogen-bond donors (Lipinski definition) is 3. The zero-order chi connectivity index (χ0) is 25.2. The molecule has 178 valence electrons. The van der Waals surface area contributed by atoms with Gasteiger partial charge in [-0.05, 0) is 44.2 Å². The van der Waals surface area contributed by atoms with Gasteiger partial charge in [-0.15, -0.1) is 11.0 Å². The molecule has 0 aliphatic heterocycles. The SMILES string of the molecule is CC#Cc1cccc2nc(C(C)NC(=O)c3c(N)nn4cccnc34)n(Nc3ccccc3)c(=O)c12. The number of carbonyl (C=O) groups is 1. The summed E-state index contributed by atoms with van der Waals surface area (Å²) in [4.78, 5) is 35.9. The Kier molecular flexibility index (Phi) is 5.80. The van der Waals surface area contributed by atoms with Crippen molar-refractivity contribution in [2.24, 2.45) is 0 Å². The van der Waals surface area contributed by atoms with Crippen LogP contribution in [0.1, 0.15) is 41.6 Å². The molecular weight excluding hydrogens is 456 g/mol. The van der Waals surface area contributed by atoms with Crippen molar-refractivity contribution in [1.29, 1.82) is 0 Å². The predicted octanol–water partition coefficient (Wildman–Crippen LogP) is 2.76. The second-order valence-electron chi connectivity index (χ2n) is 8.01. The number of aromatic nitrogens is 5. The minimum Gasteiger partial charge on any atom is -0.381 e. The highest BCUT2D eigenvalue weighted by Crippen LogP contribution is 2.20. The number of anilines is 2. The fraction of sp³-hybridized carbons (Fsp3) is 0.115. The monoisotopic (exact) mass is 478 g/mol. The molecule has 3 heterocycles. The van der Waals surface area contributed by atoms with Crippen molar-refractivity contribution in [2.45, 2.75) is 19.9 Å². The minimum atomic E-state index is -0.690. The number of para-hydroxylation sites is 1. The molecular formula is C26H22N8O2. The first-order valence-corrected chi connectivity index (χ1v) is 11.2. The normalized spacial score (nSPS) is 11.6. The fourth-order valence-electron chi connectivity index (χ4n) is 3.98. The van der Waals surface area contributed by atoms with Crippen molar-refractivity contribution < 1.29 is 4.79 Å². The summed E-state index contributed by atoms with van der Waals surface area (Å²) in [7, 11) is 0. The largest absolute Gasteiger partial charge is 0.381 e. The molecule has 0 saturated carbocycles. The standard InChI is InChI=1S/C26H22N8O2/c1-3-9-17-10-7-13-19-20(17)26(36)34(31-18-11-5-4-6-12-18)23(30-19)16(2)29-25(35)21-22(27)32-33-15-8-14-28-24(21)33/h4-8,10-16,31H,1-2H3,(H2,27,32)(H,29,35). The van der Waals surface area contributed by atoms with Crippen LogP contribution in [0.5, 0.6) is 0 Å². The Morgan fingerprint density at radius 1 is 1.11 bits per heavy atom. The van der Waals surface area contributed by atoms with Gasteiger partial charge in [-0.25, -0.2) is 19.2 Å². The van der Waals surface area contributed by atoms with E-state index in [1.165, 1.54) is 9.19 Å². The molecule has 2 aromatic carbocycles. The lowest BCUT2D eigenvalue weighted by molar-refractivity contribution is 0.0940. The van der Waals surface area contributed by atoms with E-state index in [-0.39, 0.29) is 16.9 Å². The molecule has 5 rings (SSSR count). The van der Waals surface area contributed by atoms with Crippen molar-refractivity contribution in [3.05, 3.63) is 94.3 Å². The molecule has 0 radical (unpaired) electrons. The number of nitrogens with one attached hydrogen (secondary N) is 2. The summed E-state index contributed by atoms with van der Waals surface area (Å²) < 4.78 is 2.77. The van der Waals surface area contributed by atoms with Crippen LogP contribution < -0.4 is 22.0 Å². The van der Waals surface area contributed by atoms with Gasteiger partial charge in [0.1, 0.15) is 5.56 Å². The Morgan fingerprint density at radius 3 is 2.69 bits per heavy atom. The number of carbonyl (C=O) groups excluding carboxylic acids is 1.